The van der Waals surface area contributed by atoms with Crippen LogP contribution in [0.15, 0.2) is 40.8 Å². The number of benzene rings is 1. The second kappa shape index (κ2) is 9.76. The summed E-state index contributed by atoms with van der Waals surface area (Å²) in [5.74, 6) is -0.418. The van der Waals surface area contributed by atoms with Crippen LogP contribution in [0, 0.1) is 18.7 Å². The number of carbonyl (C=O) groups is 3. The van der Waals surface area contributed by atoms with Crippen LogP contribution >= 0.6 is 0 Å². The number of aryl methyl sites for hydroxylation is 1. The van der Waals surface area contributed by atoms with Gasteiger partial charge in [0.1, 0.15) is 17.6 Å². The van der Waals surface area contributed by atoms with E-state index in [4.69, 9.17) is 4.42 Å². The summed E-state index contributed by atoms with van der Waals surface area (Å²) in [4.78, 5) is 39.5. The largest absolute Gasteiger partial charge is 0.456 e. The topological polar surface area (TPSA) is 91.7 Å². The van der Waals surface area contributed by atoms with E-state index in [1.54, 1.807) is 24.0 Å². The molecule has 1 aromatic heterocycles. The molecule has 1 aliphatic rings. The van der Waals surface area contributed by atoms with Gasteiger partial charge >= 0.3 is 0 Å². The quantitative estimate of drug-likeness (QED) is 0.739. The number of nitrogens with one attached hydrogen (secondary N) is 2. The molecule has 2 N–H and O–H groups in total. The summed E-state index contributed by atoms with van der Waals surface area (Å²) >= 11 is 0. The van der Waals surface area contributed by atoms with Crippen LogP contribution in [0.4, 0.5) is 4.39 Å². The molecule has 1 aromatic carbocycles. The van der Waals surface area contributed by atoms with Crippen LogP contribution < -0.4 is 10.6 Å². The lowest BCUT2D eigenvalue weighted by Crippen LogP contribution is -2.54. The van der Waals surface area contributed by atoms with Gasteiger partial charge in [-0.1, -0.05) is 13.8 Å². The zero-order valence-electron chi connectivity index (χ0n) is 18.0. The van der Waals surface area contributed by atoms with E-state index in [-0.39, 0.29) is 29.5 Å². The zero-order chi connectivity index (χ0) is 22.5. The highest BCUT2D eigenvalue weighted by atomic mass is 19.1. The average molecular weight is 429 g/mol. The van der Waals surface area contributed by atoms with Crippen molar-refractivity contribution in [1.82, 2.24) is 15.5 Å². The molecule has 0 spiro atoms. The van der Waals surface area contributed by atoms with E-state index < -0.39 is 17.8 Å². The van der Waals surface area contributed by atoms with Crippen LogP contribution in [0.2, 0.25) is 0 Å². The SMILES string of the molecule is Cc1ccc(C(=O)NC2CCN(C(=O)C(NC(=O)c3ccc(F)cc3)C(C)C)CC2)o1. The smallest absolute Gasteiger partial charge is 0.287 e. The first-order valence-corrected chi connectivity index (χ1v) is 10.5. The first-order chi connectivity index (χ1) is 14.7. The fourth-order valence-electron chi connectivity index (χ4n) is 3.59. The monoisotopic (exact) mass is 429 g/mol. The van der Waals surface area contributed by atoms with Gasteiger partial charge in [-0.15, -0.1) is 0 Å². The number of amides is 3. The third kappa shape index (κ3) is 5.71. The molecule has 0 aliphatic carbocycles. The highest BCUT2D eigenvalue weighted by molar-refractivity contribution is 5.97. The van der Waals surface area contributed by atoms with E-state index in [0.29, 0.717) is 37.3 Å². The number of rotatable bonds is 6. The Morgan fingerprint density at radius 2 is 1.68 bits per heavy atom. The lowest BCUT2D eigenvalue weighted by atomic mass is 9.99. The van der Waals surface area contributed by atoms with Gasteiger partial charge in [0.2, 0.25) is 5.91 Å². The fourth-order valence-corrected chi connectivity index (χ4v) is 3.59. The Morgan fingerprint density at radius 1 is 1.03 bits per heavy atom. The van der Waals surface area contributed by atoms with E-state index in [2.05, 4.69) is 10.6 Å². The number of hydrogen-bond acceptors (Lipinski definition) is 4. The molecule has 1 aliphatic heterocycles. The number of furan rings is 1. The number of piperidine rings is 1. The Labute approximate surface area is 181 Å². The number of carbonyl (C=O) groups excluding carboxylic acids is 3. The predicted molar refractivity (Wildman–Crippen MR) is 113 cm³/mol. The van der Waals surface area contributed by atoms with E-state index in [9.17, 15) is 18.8 Å². The molecule has 166 valence electrons. The summed E-state index contributed by atoms with van der Waals surface area (Å²) in [6, 6.07) is 7.85. The molecular weight excluding hydrogens is 401 g/mol. The van der Waals surface area contributed by atoms with E-state index >= 15 is 0 Å². The fraction of sp³-hybridized carbons (Fsp3) is 0.435. The molecular formula is C23H28FN3O4. The van der Waals surface area contributed by atoms with Crippen LogP contribution in [0.1, 0.15) is 53.4 Å². The van der Waals surface area contributed by atoms with Crippen molar-refractivity contribution < 1.29 is 23.2 Å². The summed E-state index contributed by atoms with van der Waals surface area (Å²) in [5, 5.41) is 5.73. The predicted octanol–water partition coefficient (Wildman–Crippen LogP) is 2.90. The average Bonchev–Trinajstić information content (AvgIpc) is 3.18. The minimum Gasteiger partial charge on any atom is -0.456 e. The molecule has 3 rings (SSSR count). The van der Waals surface area contributed by atoms with E-state index in [1.807, 2.05) is 13.8 Å². The van der Waals surface area contributed by atoms with Crippen molar-refractivity contribution in [2.45, 2.75) is 45.7 Å². The molecule has 0 radical (unpaired) electrons. The number of hydrogen-bond donors (Lipinski definition) is 2. The van der Waals surface area contributed by atoms with Gasteiger partial charge in [-0.05, 0) is 62.1 Å². The highest BCUT2D eigenvalue weighted by Gasteiger charge is 2.32. The lowest BCUT2D eigenvalue weighted by Gasteiger charge is -2.35. The Morgan fingerprint density at radius 3 is 2.23 bits per heavy atom. The third-order valence-electron chi connectivity index (χ3n) is 5.43. The Hall–Kier alpha value is -3.16. The van der Waals surface area contributed by atoms with Gasteiger partial charge in [0.05, 0.1) is 0 Å². The van der Waals surface area contributed by atoms with E-state index in [1.165, 1.54) is 24.3 Å². The Balaban J connectivity index is 1.55. The zero-order valence-corrected chi connectivity index (χ0v) is 18.0. The maximum atomic E-state index is 13.1. The molecule has 8 heteroatoms. The minimum absolute atomic E-state index is 0.0479. The van der Waals surface area contributed by atoms with Crippen molar-refractivity contribution in [3.05, 3.63) is 59.3 Å². The van der Waals surface area contributed by atoms with Gasteiger partial charge < -0.3 is 20.0 Å². The molecule has 0 bridgehead atoms. The number of nitrogens with zero attached hydrogens (tertiary/aromatic N) is 1. The molecule has 3 amide bonds. The second-order valence-corrected chi connectivity index (χ2v) is 8.19. The minimum atomic E-state index is -0.685. The molecule has 7 nitrogen and oxygen atoms in total. The lowest BCUT2D eigenvalue weighted by molar-refractivity contribution is -0.135. The van der Waals surface area contributed by atoms with Crippen molar-refractivity contribution in [3.63, 3.8) is 0 Å². The first-order valence-electron chi connectivity index (χ1n) is 10.5. The standard InChI is InChI=1S/C23H28FN3O4/c1-14(2)20(26-21(28)16-5-7-17(24)8-6-16)23(30)27-12-10-18(11-13-27)25-22(29)19-9-4-15(3)31-19/h4-9,14,18,20H,10-13H2,1-3H3,(H,25,29)(H,26,28). The third-order valence-corrected chi connectivity index (χ3v) is 5.43. The van der Waals surface area contributed by atoms with Crippen molar-refractivity contribution in [2.75, 3.05) is 13.1 Å². The van der Waals surface area contributed by atoms with Crippen molar-refractivity contribution in [2.24, 2.45) is 5.92 Å². The van der Waals surface area contributed by atoms with E-state index in [0.717, 1.165) is 0 Å². The molecule has 1 unspecified atom stereocenters. The second-order valence-electron chi connectivity index (χ2n) is 8.19. The normalized spacial score (nSPS) is 15.6. The van der Waals surface area contributed by atoms with Gasteiger partial charge in [-0.2, -0.15) is 0 Å². The molecule has 2 aromatic rings. The maximum Gasteiger partial charge on any atom is 0.287 e. The van der Waals surface area contributed by atoms with Crippen LogP contribution in [0.5, 0.6) is 0 Å². The van der Waals surface area contributed by atoms with Crippen LogP contribution in [0.3, 0.4) is 0 Å². The summed E-state index contributed by atoms with van der Waals surface area (Å²) in [5.41, 5.74) is 0.300. The molecule has 2 heterocycles. The van der Waals surface area contributed by atoms with Crippen LogP contribution in [-0.2, 0) is 4.79 Å². The maximum absolute atomic E-state index is 13.1. The van der Waals surface area contributed by atoms with Crippen LogP contribution in [-0.4, -0.2) is 47.8 Å². The summed E-state index contributed by atoms with van der Waals surface area (Å²) in [6.45, 7) is 6.48. The first kappa shape index (κ1) is 22.5. The summed E-state index contributed by atoms with van der Waals surface area (Å²) < 4.78 is 18.4. The molecule has 1 saturated heterocycles. The van der Waals surface area contributed by atoms with Crippen molar-refractivity contribution in [3.8, 4) is 0 Å². The molecule has 31 heavy (non-hydrogen) atoms. The molecule has 1 atom stereocenters. The van der Waals surface area contributed by atoms with Gasteiger partial charge in [0.15, 0.2) is 5.76 Å². The van der Waals surface area contributed by atoms with Gasteiger partial charge in [-0.25, -0.2) is 4.39 Å². The highest BCUT2D eigenvalue weighted by Crippen LogP contribution is 2.16. The molecule has 0 saturated carbocycles. The van der Waals surface area contributed by atoms with Crippen molar-refractivity contribution >= 4 is 17.7 Å². The number of likely N-dealkylation sites (tertiary alicyclic amines) is 1. The van der Waals surface area contributed by atoms with Gasteiger partial charge in [0, 0.05) is 24.7 Å². The van der Waals surface area contributed by atoms with Gasteiger partial charge in [0.25, 0.3) is 11.8 Å². The molecule has 1 fully saturated rings. The summed E-state index contributed by atoms with van der Waals surface area (Å²) in [6.07, 6.45) is 1.24. The summed E-state index contributed by atoms with van der Waals surface area (Å²) in [7, 11) is 0. The van der Waals surface area contributed by atoms with Crippen molar-refractivity contribution in [1.29, 1.82) is 0 Å². The van der Waals surface area contributed by atoms with Gasteiger partial charge in [-0.3, -0.25) is 14.4 Å². The number of halogens is 1. The Bertz CT molecular complexity index is 931. The Kier molecular flexibility index (Phi) is 7.09. The van der Waals surface area contributed by atoms with Crippen LogP contribution in [0.25, 0.3) is 0 Å².